The Bertz CT molecular complexity index is 1150. The Balaban J connectivity index is 1.41. The first-order valence-corrected chi connectivity index (χ1v) is 9.76. The lowest BCUT2D eigenvalue weighted by atomic mass is 10.0. The molecule has 1 fully saturated rings. The van der Waals surface area contributed by atoms with Crippen molar-refractivity contribution in [1.29, 1.82) is 0 Å². The van der Waals surface area contributed by atoms with E-state index >= 15 is 0 Å². The second-order valence-corrected chi connectivity index (χ2v) is 7.51. The van der Waals surface area contributed by atoms with Crippen molar-refractivity contribution in [1.82, 2.24) is 14.9 Å². The van der Waals surface area contributed by atoms with Crippen molar-refractivity contribution >= 4 is 16.8 Å². The van der Waals surface area contributed by atoms with E-state index in [9.17, 15) is 14.0 Å². The number of benzene rings is 1. The van der Waals surface area contributed by atoms with Gasteiger partial charge in [0.05, 0.1) is 6.54 Å². The molecule has 7 nitrogen and oxygen atoms in total. The molecule has 0 unspecified atom stereocenters. The lowest BCUT2D eigenvalue weighted by Crippen LogP contribution is -2.38. The predicted octanol–water partition coefficient (Wildman–Crippen LogP) is 2.75. The highest BCUT2D eigenvalue weighted by Crippen LogP contribution is 2.30. The van der Waals surface area contributed by atoms with Crippen LogP contribution >= 0.6 is 0 Å². The SMILES string of the molecule is O=C(c1c[nH]c2ccc(F)cc2c1=O)N1CCc2oc(C3CCOCC3)nc2C1. The van der Waals surface area contributed by atoms with Crippen LogP contribution in [0, 0.1) is 5.82 Å². The highest BCUT2D eigenvalue weighted by atomic mass is 19.1. The number of amides is 1. The standard InChI is InChI=1S/C21H20FN3O4/c22-13-1-2-16-14(9-13)19(26)15(10-23-16)21(27)25-6-3-18-17(11-25)24-20(29-18)12-4-7-28-8-5-12/h1-2,9-10,12H,3-8,11H2,(H,23,26). The van der Waals surface area contributed by atoms with Gasteiger partial charge in [0.15, 0.2) is 5.89 Å². The zero-order valence-corrected chi connectivity index (χ0v) is 15.7. The molecule has 1 aromatic carbocycles. The quantitative estimate of drug-likeness (QED) is 0.718. The average Bonchev–Trinajstić information content (AvgIpc) is 3.18. The van der Waals surface area contributed by atoms with E-state index in [1.54, 1.807) is 4.90 Å². The number of rotatable bonds is 2. The van der Waals surface area contributed by atoms with E-state index in [2.05, 4.69) is 9.97 Å². The topological polar surface area (TPSA) is 88.4 Å². The minimum absolute atomic E-state index is 0.000280. The van der Waals surface area contributed by atoms with Gasteiger partial charge in [0.25, 0.3) is 5.91 Å². The number of aromatic nitrogens is 2. The van der Waals surface area contributed by atoms with Gasteiger partial charge in [0.2, 0.25) is 5.43 Å². The molecule has 0 saturated carbocycles. The molecule has 1 amide bonds. The van der Waals surface area contributed by atoms with E-state index in [0.717, 1.165) is 30.4 Å². The molecule has 1 saturated heterocycles. The highest BCUT2D eigenvalue weighted by Gasteiger charge is 2.30. The fraction of sp³-hybridized carbons (Fsp3) is 0.381. The number of pyridine rings is 1. The molecule has 3 aromatic rings. The van der Waals surface area contributed by atoms with Gasteiger partial charge < -0.3 is 19.0 Å². The highest BCUT2D eigenvalue weighted by molar-refractivity contribution is 5.97. The number of ether oxygens (including phenoxy) is 1. The summed E-state index contributed by atoms with van der Waals surface area (Å²) >= 11 is 0. The minimum atomic E-state index is -0.515. The number of carbonyl (C=O) groups excluding carboxylic acids is 1. The lowest BCUT2D eigenvalue weighted by molar-refractivity contribution is 0.0724. The van der Waals surface area contributed by atoms with E-state index in [0.29, 0.717) is 44.1 Å². The van der Waals surface area contributed by atoms with Crippen molar-refractivity contribution < 1.29 is 18.3 Å². The van der Waals surface area contributed by atoms with Gasteiger partial charge in [-0.3, -0.25) is 9.59 Å². The zero-order chi connectivity index (χ0) is 20.0. The minimum Gasteiger partial charge on any atom is -0.445 e. The second kappa shape index (κ2) is 7.11. The number of nitrogens with zero attached hydrogens (tertiary/aromatic N) is 2. The van der Waals surface area contributed by atoms with E-state index in [1.807, 2.05) is 0 Å². The van der Waals surface area contributed by atoms with E-state index < -0.39 is 17.2 Å². The molecule has 2 aliphatic heterocycles. The first-order chi connectivity index (χ1) is 14.1. The largest absolute Gasteiger partial charge is 0.445 e. The van der Waals surface area contributed by atoms with Crippen LogP contribution in [0.5, 0.6) is 0 Å². The van der Waals surface area contributed by atoms with Crippen LogP contribution in [-0.4, -0.2) is 40.5 Å². The van der Waals surface area contributed by atoms with Gasteiger partial charge in [-0.25, -0.2) is 9.37 Å². The number of hydrogen-bond acceptors (Lipinski definition) is 5. The molecule has 8 heteroatoms. The van der Waals surface area contributed by atoms with Crippen LogP contribution in [0.15, 0.2) is 33.6 Å². The molecule has 0 spiro atoms. The summed E-state index contributed by atoms with van der Waals surface area (Å²) in [5.74, 6) is 0.866. The van der Waals surface area contributed by atoms with Crippen molar-refractivity contribution in [3.63, 3.8) is 0 Å². The van der Waals surface area contributed by atoms with Gasteiger partial charge in [-0.05, 0) is 31.0 Å². The molecule has 0 bridgehead atoms. The molecule has 29 heavy (non-hydrogen) atoms. The summed E-state index contributed by atoms with van der Waals surface area (Å²) in [7, 11) is 0. The third kappa shape index (κ3) is 3.23. The van der Waals surface area contributed by atoms with Gasteiger partial charge in [0.1, 0.15) is 22.8 Å². The maximum Gasteiger partial charge on any atom is 0.259 e. The van der Waals surface area contributed by atoms with Crippen LogP contribution in [0.1, 0.15) is 46.5 Å². The molecule has 2 aliphatic rings. The van der Waals surface area contributed by atoms with Gasteiger partial charge in [-0.15, -0.1) is 0 Å². The number of H-pyrrole nitrogens is 1. The number of carbonyl (C=O) groups is 1. The van der Waals surface area contributed by atoms with Crippen molar-refractivity contribution in [3.8, 4) is 0 Å². The van der Waals surface area contributed by atoms with Crippen molar-refractivity contribution in [2.75, 3.05) is 19.8 Å². The van der Waals surface area contributed by atoms with Crippen LogP contribution in [0.3, 0.4) is 0 Å². The number of nitrogens with one attached hydrogen (secondary N) is 1. The fourth-order valence-electron chi connectivity index (χ4n) is 4.03. The molecule has 4 heterocycles. The summed E-state index contributed by atoms with van der Waals surface area (Å²) in [5, 5.41) is 0.164. The van der Waals surface area contributed by atoms with Crippen molar-refractivity contribution in [3.05, 3.63) is 63.3 Å². The lowest BCUT2D eigenvalue weighted by Gasteiger charge is -2.25. The summed E-state index contributed by atoms with van der Waals surface area (Å²) < 4.78 is 24.9. The fourth-order valence-corrected chi connectivity index (χ4v) is 4.03. The molecular weight excluding hydrogens is 377 g/mol. The molecule has 2 aromatic heterocycles. The summed E-state index contributed by atoms with van der Waals surface area (Å²) in [5.41, 5.74) is 0.762. The van der Waals surface area contributed by atoms with Crippen LogP contribution in [0.4, 0.5) is 4.39 Å². The molecule has 1 N–H and O–H groups in total. The second-order valence-electron chi connectivity index (χ2n) is 7.51. The predicted molar refractivity (Wildman–Crippen MR) is 102 cm³/mol. The van der Waals surface area contributed by atoms with E-state index in [-0.39, 0.29) is 16.9 Å². The Labute approximate surface area is 165 Å². The van der Waals surface area contributed by atoms with Gasteiger partial charge in [-0.2, -0.15) is 0 Å². The van der Waals surface area contributed by atoms with Crippen LogP contribution < -0.4 is 5.43 Å². The Morgan fingerprint density at radius 2 is 2.10 bits per heavy atom. The monoisotopic (exact) mass is 397 g/mol. The Morgan fingerprint density at radius 3 is 2.93 bits per heavy atom. The molecule has 0 atom stereocenters. The third-order valence-corrected chi connectivity index (χ3v) is 5.68. The molecular formula is C21H20FN3O4. The molecule has 0 radical (unpaired) electrons. The number of hydrogen-bond donors (Lipinski definition) is 1. The maximum absolute atomic E-state index is 13.6. The van der Waals surface area contributed by atoms with Gasteiger partial charge in [0, 0.05) is 49.2 Å². The number of aromatic amines is 1. The zero-order valence-electron chi connectivity index (χ0n) is 15.7. The summed E-state index contributed by atoms with van der Waals surface area (Å²) in [6.45, 7) is 2.14. The average molecular weight is 397 g/mol. The van der Waals surface area contributed by atoms with Crippen LogP contribution in [0.2, 0.25) is 0 Å². The maximum atomic E-state index is 13.6. The number of oxazole rings is 1. The van der Waals surface area contributed by atoms with Gasteiger partial charge in [-0.1, -0.05) is 0 Å². The Kier molecular flexibility index (Phi) is 4.43. The van der Waals surface area contributed by atoms with Crippen LogP contribution in [-0.2, 0) is 17.7 Å². The summed E-state index contributed by atoms with van der Waals surface area (Å²) in [6.07, 6.45) is 3.71. The first kappa shape index (κ1) is 18.1. The van der Waals surface area contributed by atoms with Crippen molar-refractivity contribution in [2.45, 2.75) is 31.7 Å². The molecule has 0 aliphatic carbocycles. The Hall–Kier alpha value is -3.00. The van der Waals surface area contributed by atoms with Crippen molar-refractivity contribution in [2.24, 2.45) is 0 Å². The normalized spacial score (nSPS) is 17.5. The number of fused-ring (bicyclic) bond motifs is 2. The first-order valence-electron chi connectivity index (χ1n) is 9.76. The molecule has 5 rings (SSSR count). The third-order valence-electron chi connectivity index (χ3n) is 5.68. The smallest absolute Gasteiger partial charge is 0.259 e. The van der Waals surface area contributed by atoms with Gasteiger partial charge >= 0.3 is 0 Å². The summed E-state index contributed by atoms with van der Waals surface area (Å²) in [4.78, 5) is 34.9. The summed E-state index contributed by atoms with van der Waals surface area (Å²) in [6, 6.07) is 3.91. The van der Waals surface area contributed by atoms with E-state index in [4.69, 9.17) is 9.15 Å². The van der Waals surface area contributed by atoms with Crippen LogP contribution in [0.25, 0.3) is 10.9 Å². The molecule has 150 valence electrons. The Morgan fingerprint density at radius 1 is 1.28 bits per heavy atom. The number of halogens is 1. The van der Waals surface area contributed by atoms with E-state index in [1.165, 1.54) is 18.3 Å².